The Morgan fingerprint density at radius 3 is 2.08 bits per heavy atom. The predicted octanol–water partition coefficient (Wildman–Crippen LogP) is 6.60. The first-order chi connectivity index (χ1) is 18.1. The number of likely N-dealkylation sites (tertiary alicyclic amines) is 1. The van der Waals surface area contributed by atoms with Gasteiger partial charge >= 0.3 is 18.0 Å². The van der Waals surface area contributed by atoms with Crippen molar-refractivity contribution in [3.8, 4) is 0 Å². The molecule has 0 N–H and O–H groups in total. The SMILES string of the molecule is O=C(C1CCC1)N1CC[C@@]2(S(=O)(=O)c3ccc(I)cc3)c3ccc(C(F)(C(F)(F)F)C(F)(F)F)cc3CC[C@@H]12. The van der Waals surface area contributed by atoms with Gasteiger partial charge in [-0.15, -0.1) is 0 Å². The molecule has 5 rings (SSSR count). The summed E-state index contributed by atoms with van der Waals surface area (Å²) in [7, 11) is -4.31. The zero-order valence-electron chi connectivity index (χ0n) is 20.2. The number of fused-ring (bicyclic) bond motifs is 3. The lowest BCUT2D eigenvalue weighted by molar-refractivity contribution is -0.348. The number of nitrogens with zero attached hydrogens (tertiary/aromatic N) is 1. The van der Waals surface area contributed by atoms with Crippen LogP contribution in [-0.4, -0.2) is 44.2 Å². The third-order valence-electron chi connectivity index (χ3n) is 8.41. The van der Waals surface area contributed by atoms with E-state index >= 15 is 0 Å². The zero-order valence-corrected chi connectivity index (χ0v) is 23.2. The summed E-state index contributed by atoms with van der Waals surface area (Å²) in [5, 5.41) is 0. The minimum Gasteiger partial charge on any atom is -0.337 e. The number of hydrogen-bond donors (Lipinski definition) is 0. The van der Waals surface area contributed by atoms with E-state index in [1.165, 1.54) is 17.0 Å². The van der Waals surface area contributed by atoms with E-state index in [1.807, 2.05) is 22.6 Å². The number of amides is 1. The fraction of sp³-hybridized carbons (Fsp3) is 0.500. The summed E-state index contributed by atoms with van der Waals surface area (Å²) in [6, 6.07) is 6.81. The van der Waals surface area contributed by atoms with Crippen LogP contribution in [0.25, 0.3) is 0 Å². The predicted molar refractivity (Wildman–Crippen MR) is 135 cm³/mol. The largest absolute Gasteiger partial charge is 0.435 e. The minimum atomic E-state index is -6.29. The molecule has 0 radical (unpaired) electrons. The summed E-state index contributed by atoms with van der Waals surface area (Å²) >= 11 is 1.99. The van der Waals surface area contributed by atoms with Gasteiger partial charge in [-0.2, -0.15) is 26.3 Å². The molecule has 1 aliphatic heterocycles. The number of rotatable bonds is 4. The van der Waals surface area contributed by atoms with Gasteiger partial charge in [0.2, 0.25) is 5.91 Å². The minimum absolute atomic E-state index is 0.00413. The van der Waals surface area contributed by atoms with Crippen molar-refractivity contribution < 1.29 is 43.9 Å². The highest BCUT2D eigenvalue weighted by Crippen LogP contribution is 2.57. The van der Waals surface area contributed by atoms with Crippen molar-refractivity contribution in [1.29, 1.82) is 0 Å². The van der Waals surface area contributed by atoms with Gasteiger partial charge in [0.25, 0.3) is 0 Å². The van der Waals surface area contributed by atoms with Crippen LogP contribution < -0.4 is 0 Å². The Morgan fingerprint density at radius 2 is 1.54 bits per heavy atom. The lowest BCUT2D eigenvalue weighted by Gasteiger charge is -2.44. The molecule has 0 aromatic heterocycles. The quantitative estimate of drug-likeness (QED) is 0.269. The van der Waals surface area contributed by atoms with E-state index in [0.717, 1.165) is 16.1 Å². The van der Waals surface area contributed by atoms with Gasteiger partial charge in [0.05, 0.1) is 10.9 Å². The molecule has 2 aromatic carbocycles. The van der Waals surface area contributed by atoms with Crippen molar-refractivity contribution in [2.75, 3.05) is 6.54 Å². The molecular formula is C26H23F7INO3S. The summed E-state index contributed by atoms with van der Waals surface area (Å²) in [6.45, 7) is 0.0724. The van der Waals surface area contributed by atoms with Crippen LogP contribution in [0.5, 0.6) is 0 Å². The molecule has 3 aliphatic rings. The Hall–Kier alpha value is -1.90. The monoisotopic (exact) mass is 689 g/mol. The highest BCUT2D eigenvalue weighted by atomic mass is 127. The second-order valence-corrected chi connectivity index (χ2v) is 13.8. The maximum Gasteiger partial charge on any atom is 0.435 e. The maximum atomic E-state index is 14.9. The van der Waals surface area contributed by atoms with E-state index in [2.05, 4.69) is 0 Å². The molecule has 1 heterocycles. The van der Waals surface area contributed by atoms with Crippen LogP contribution in [0.15, 0.2) is 47.4 Å². The Bertz CT molecular complexity index is 1390. The van der Waals surface area contributed by atoms with E-state index in [4.69, 9.17) is 0 Å². The van der Waals surface area contributed by atoms with Crippen molar-refractivity contribution in [2.45, 2.75) is 72.2 Å². The van der Waals surface area contributed by atoms with Crippen LogP contribution in [0.3, 0.4) is 0 Å². The second kappa shape index (κ2) is 9.31. The number of sulfone groups is 1. The molecule has 2 aliphatic carbocycles. The summed E-state index contributed by atoms with van der Waals surface area (Å²) < 4.78 is 123. The van der Waals surface area contributed by atoms with Gasteiger partial charge in [-0.1, -0.05) is 24.6 Å². The summed E-state index contributed by atoms with van der Waals surface area (Å²) in [5.74, 6) is -0.431. The normalized spacial score (nSPS) is 24.2. The van der Waals surface area contributed by atoms with E-state index < -0.39 is 44.2 Å². The number of carbonyl (C=O) groups is 1. The van der Waals surface area contributed by atoms with Crippen LogP contribution in [0.2, 0.25) is 0 Å². The van der Waals surface area contributed by atoms with Crippen molar-refractivity contribution >= 4 is 38.3 Å². The molecule has 0 bridgehead atoms. The Morgan fingerprint density at radius 1 is 0.923 bits per heavy atom. The third kappa shape index (κ3) is 4.11. The molecule has 212 valence electrons. The first-order valence-electron chi connectivity index (χ1n) is 12.3. The highest BCUT2D eigenvalue weighted by Gasteiger charge is 2.74. The number of benzene rings is 2. The summed E-state index contributed by atoms with van der Waals surface area (Å²) in [6.07, 6.45) is -10.6. The molecule has 4 nitrogen and oxygen atoms in total. The molecule has 1 saturated heterocycles. The molecule has 2 atom stereocenters. The van der Waals surface area contributed by atoms with E-state index in [1.54, 1.807) is 12.1 Å². The standard InChI is InChI=1S/C26H23F7INO3S/c27-24(25(28,29)30,26(31,32)33)17-5-10-20-16(14-17)4-11-21-23(20,12-13-35(21)22(36)15-2-1-3-15)39(37,38)19-8-6-18(34)7-9-19/h5-10,14-15,21H,1-4,11-13H2/t21-,23-/m1/s1. The first kappa shape index (κ1) is 28.6. The Labute approximate surface area is 234 Å². The highest BCUT2D eigenvalue weighted by molar-refractivity contribution is 14.1. The number of alkyl halides is 7. The summed E-state index contributed by atoms with van der Waals surface area (Å²) in [4.78, 5) is 14.7. The van der Waals surface area contributed by atoms with Crippen molar-refractivity contribution in [2.24, 2.45) is 5.92 Å². The lowest BCUT2D eigenvalue weighted by Crippen LogP contribution is -2.54. The fourth-order valence-electron chi connectivity index (χ4n) is 6.21. The number of hydrogen-bond acceptors (Lipinski definition) is 3. The molecular weight excluding hydrogens is 666 g/mol. The fourth-order valence-corrected chi connectivity index (χ4v) is 8.93. The van der Waals surface area contributed by atoms with Crippen LogP contribution in [0, 0.1) is 9.49 Å². The topological polar surface area (TPSA) is 54.5 Å². The second-order valence-electron chi connectivity index (χ2n) is 10.3. The third-order valence-corrected chi connectivity index (χ3v) is 11.7. The van der Waals surface area contributed by atoms with Gasteiger partial charge in [0.1, 0.15) is 4.75 Å². The molecule has 0 spiro atoms. The zero-order chi connectivity index (χ0) is 28.6. The molecule has 1 saturated carbocycles. The van der Waals surface area contributed by atoms with Crippen LogP contribution >= 0.6 is 22.6 Å². The average molecular weight is 689 g/mol. The van der Waals surface area contributed by atoms with Gasteiger partial charge in [-0.25, -0.2) is 12.8 Å². The molecule has 2 aromatic rings. The Balaban J connectivity index is 1.69. The van der Waals surface area contributed by atoms with Gasteiger partial charge in [0.15, 0.2) is 9.84 Å². The number of aryl methyl sites for hydroxylation is 1. The van der Waals surface area contributed by atoms with E-state index in [-0.39, 0.29) is 53.7 Å². The van der Waals surface area contributed by atoms with E-state index in [9.17, 15) is 43.9 Å². The van der Waals surface area contributed by atoms with Crippen molar-refractivity contribution in [1.82, 2.24) is 4.90 Å². The van der Waals surface area contributed by atoms with Crippen molar-refractivity contribution in [3.05, 3.63) is 62.7 Å². The number of halogens is 8. The Kier molecular flexibility index (Phi) is 6.84. The average Bonchev–Trinajstić information content (AvgIpc) is 3.22. The molecule has 0 unspecified atom stereocenters. The van der Waals surface area contributed by atoms with Gasteiger partial charge in [0, 0.05) is 21.6 Å². The van der Waals surface area contributed by atoms with Crippen LogP contribution in [-0.2, 0) is 31.5 Å². The van der Waals surface area contributed by atoms with E-state index in [0.29, 0.717) is 25.0 Å². The van der Waals surface area contributed by atoms with Gasteiger partial charge in [-0.05, 0) is 90.1 Å². The molecule has 2 fully saturated rings. The summed E-state index contributed by atoms with van der Waals surface area (Å²) in [5.41, 5.74) is -7.37. The smallest absolute Gasteiger partial charge is 0.337 e. The van der Waals surface area contributed by atoms with Crippen molar-refractivity contribution in [3.63, 3.8) is 0 Å². The molecule has 1 amide bonds. The van der Waals surface area contributed by atoms with Gasteiger partial charge < -0.3 is 4.90 Å². The molecule has 39 heavy (non-hydrogen) atoms. The van der Waals surface area contributed by atoms with Gasteiger partial charge in [-0.3, -0.25) is 4.79 Å². The maximum absolute atomic E-state index is 14.9. The number of carbonyl (C=O) groups excluding carboxylic acids is 1. The first-order valence-corrected chi connectivity index (χ1v) is 14.9. The lowest BCUT2D eigenvalue weighted by atomic mass is 9.76. The van der Waals surface area contributed by atoms with Crippen LogP contribution in [0.4, 0.5) is 30.7 Å². The van der Waals surface area contributed by atoms with Crippen LogP contribution in [0.1, 0.15) is 48.8 Å². The molecule has 13 heteroatoms.